The van der Waals surface area contributed by atoms with Crippen LogP contribution < -0.4 is 5.32 Å². The van der Waals surface area contributed by atoms with Gasteiger partial charge in [-0.05, 0) is 44.2 Å². The van der Waals surface area contributed by atoms with Gasteiger partial charge in [-0.25, -0.2) is 19.2 Å². The molecule has 1 aliphatic heterocycles. The number of alkyl halides is 3. The fourth-order valence-electron chi connectivity index (χ4n) is 5.15. The highest BCUT2D eigenvalue weighted by Crippen LogP contribution is 2.40. The number of halogens is 3. The van der Waals surface area contributed by atoms with Gasteiger partial charge in [-0.15, -0.1) is 5.10 Å². The molecule has 1 unspecified atom stereocenters. The molecule has 12 heteroatoms. The van der Waals surface area contributed by atoms with Crippen molar-refractivity contribution in [3.8, 4) is 11.4 Å². The molecule has 4 aromatic heterocycles. The van der Waals surface area contributed by atoms with Crippen LogP contribution in [0.1, 0.15) is 56.7 Å². The van der Waals surface area contributed by atoms with E-state index in [1.165, 1.54) is 0 Å². The van der Waals surface area contributed by atoms with Crippen LogP contribution in [0, 0.1) is 0 Å². The summed E-state index contributed by atoms with van der Waals surface area (Å²) < 4.78 is 51.6. The number of ether oxygens (including phenoxy) is 1. The predicted molar refractivity (Wildman–Crippen MR) is 125 cm³/mol. The Bertz CT molecular complexity index is 1390. The van der Waals surface area contributed by atoms with Crippen LogP contribution in [0.15, 0.2) is 30.6 Å². The summed E-state index contributed by atoms with van der Waals surface area (Å²) in [4.78, 5) is 8.28. The quantitative estimate of drug-likeness (QED) is 0.422. The minimum atomic E-state index is -4.70. The number of aliphatic hydroxyl groups is 1. The second kappa shape index (κ2) is 9.00. The first-order valence-corrected chi connectivity index (χ1v) is 12.3. The number of hydrogen-bond acceptors (Lipinski definition) is 7. The Hall–Kier alpha value is -3.25. The summed E-state index contributed by atoms with van der Waals surface area (Å²) in [5.41, 5.74) is -0.185. The van der Waals surface area contributed by atoms with E-state index in [0.29, 0.717) is 42.4 Å². The van der Waals surface area contributed by atoms with Gasteiger partial charge in [0.25, 0.3) is 0 Å². The lowest BCUT2D eigenvalue weighted by atomic mass is 9.93. The van der Waals surface area contributed by atoms with Crippen LogP contribution in [0.2, 0.25) is 0 Å². The first-order valence-electron chi connectivity index (χ1n) is 12.3. The summed E-state index contributed by atoms with van der Waals surface area (Å²) >= 11 is 0. The summed E-state index contributed by atoms with van der Waals surface area (Å²) in [5, 5.41) is 23.1. The predicted octanol–water partition coefficient (Wildman–Crippen LogP) is 4.57. The number of pyridine rings is 1. The first kappa shape index (κ1) is 23.2. The zero-order valence-corrected chi connectivity index (χ0v) is 19.4. The summed E-state index contributed by atoms with van der Waals surface area (Å²) in [5.74, 6) is 0.0250. The van der Waals surface area contributed by atoms with E-state index < -0.39 is 24.1 Å². The third kappa shape index (κ3) is 4.07. The molecule has 4 aromatic rings. The number of aliphatic hydroxyl groups excluding tert-OH is 1. The molecule has 2 N–H and O–H groups in total. The standard InChI is InChI=1S/C24H26F3N7O2/c25-24(26,27)14-13-28-23(29-15-7-1-2-9-17(15)35)30-20(14)21-19-16-8-3-5-11-33(16)32-22(19)34(31-21)18-10-4-6-12-36-18/h3,5,8,11,13,15,17-18,35H,1-2,4,6-7,9-10,12H2,(H,28,29,30)/t15-,17-,18?/m1/s1. The smallest absolute Gasteiger partial charge is 0.391 e. The van der Waals surface area contributed by atoms with Gasteiger partial charge in [-0.3, -0.25) is 0 Å². The average Bonchev–Trinajstić information content (AvgIpc) is 3.43. The molecular formula is C24H26F3N7O2. The van der Waals surface area contributed by atoms with Crippen molar-refractivity contribution in [1.29, 1.82) is 0 Å². The van der Waals surface area contributed by atoms with Crippen LogP contribution in [-0.4, -0.2) is 53.2 Å². The van der Waals surface area contributed by atoms with Crippen LogP contribution in [0.25, 0.3) is 27.9 Å². The van der Waals surface area contributed by atoms with Crippen LogP contribution in [0.5, 0.6) is 0 Å². The lowest BCUT2D eigenvalue weighted by Crippen LogP contribution is -2.37. The molecule has 6 rings (SSSR count). The van der Waals surface area contributed by atoms with E-state index in [9.17, 15) is 18.3 Å². The highest BCUT2D eigenvalue weighted by Gasteiger charge is 2.38. The molecule has 1 saturated carbocycles. The van der Waals surface area contributed by atoms with Crippen molar-refractivity contribution in [1.82, 2.24) is 29.4 Å². The van der Waals surface area contributed by atoms with Crippen molar-refractivity contribution in [2.75, 3.05) is 11.9 Å². The fraction of sp³-hybridized carbons (Fsp3) is 0.500. The lowest BCUT2D eigenvalue weighted by Gasteiger charge is -2.28. The maximum atomic E-state index is 14.2. The van der Waals surface area contributed by atoms with Gasteiger partial charge in [-0.1, -0.05) is 18.9 Å². The van der Waals surface area contributed by atoms with Crippen molar-refractivity contribution in [3.63, 3.8) is 0 Å². The van der Waals surface area contributed by atoms with Crippen LogP contribution in [0.4, 0.5) is 19.1 Å². The third-order valence-electron chi connectivity index (χ3n) is 6.97. The van der Waals surface area contributed by atoms with Crippen LogP contribution >= 0.6 is 0 Å². The summed E-state index contributed by atoms with van der Waals surface area (Å²) in [6.07, 6.45) is 2.47. The average molecular weight is 502 g/mol. The topological polar surface area (TPSA) is 102 Å². The molecule has 36 heavy (non-hydrogen) atoms. The van der Waals surface area contributed by atoms with E-state index in [1.807, 2.05) is 0 Å². The molecular weight excluding hydrogens is 475 g/mol. The lowest BCUT2D eigenvalue weighted by molar-refractivity contribution is -0.137. The largest absolute Gasteiger partial charge is 0.420 e. The molecule has 5 heterocycles. The zero-order chi connectivity index (χ0) is 24.9. The SMILES string of the molecule is O[C@@H]1CCCC[C@H]1Nc1ncc(C(F)(F)F)c(-c2nn(C3CCCCO3)c3nn4ccccc4c23)n1. The Kier molecular flexibility index (Phi) is 5.79. The number of rotatable bonds is 4. The molecule has 1 aliphatic carbocycles. The number of anilines is 1. The molecule has 0 amide bonds. The Morgan fingerprint density at radius 1 is 1.03 bits per heavy atom. The third-order valence-corrected chi connectivity index (χ3v) is 6.97. The normalized spacial score (nSPS) is 23.4. The number of fused-ring (bicyclic) bond motifs is 3. The minimum Gasteiger partial charge on any atom is -0.391 e. The van der Waals surface area contributed by atoms with Crippen molar-refractivity contribution < 1.29 is 23.0 Å². The van der Waals surface area contributed by atoms with Crippen molar-refractivity contribution in [2.45, 2.75) is 69.5 Å². The Morgan fingerprint density at radius 2 is 1.86 bits per heavy atom. The first-order chi connectivity index (χ1) is 17.4. The van der Waals surface area contributed by atoms with Gasteiger partial charge >= 0.3 is 6.18 Å². The van der Waals surface area contributed by atoms with Crippen LogP contribution in [-0.2, 0) is 10.9 Å². The Morgan fingerprint density at radius 3 is 2.64 bits per heavy atom. The van der Waals surface area contributed by atoms with E-state index in [4.69, 9.17) is 4.74 Å². The van der Waals surface area contributed by atoms with E-state index >= 15 is 0 Å². The van der Waals surface area contributed by atoms with Gasteiger partial charge in [0.15, 0.2) is 11.9 Å². The van der Waals surface area contributed by atoms with E-state index in [1.54, 1.807) is 33.6 Å². The highest BCUT2D eigenvalue weighted by molar-refractivity contribution is 6.03. The van der Waals surface area contributed by atoms with Gasteiger partial charge in [0.2, 0.25) is 5.95 Å². The zero-order valence-electron chi connectivity index (χ0n) is 19.4. The summed E-state index contributed by atoms with van der Waals surface area (Å²) in [6.45, 7) is 0.549. The monoisotopic (exact) mass is 501 g/mol. The second-order valence-electron chi connectivity index (χ2n) is 9.40. The number of nitrogens with one attached hydrogen (secondary N) is 1. The fourth-order valence-corrected chi connectivity index (χ4v) is 5.15. The Labute approximate surface area is 204 Å². The highest BCUT2D eigenvalue weighted by atomic mass is 19.4. The van der Waals surface area contributed by atoms with Crippen molar-refractivity contribution in [2.24, 2.45) is 0 Å². The summed E-state index contributed by atoms with van der Waals surface area (Å²) in [6, 6.07) is 5.07. The molecule has 0 bridgehead atoms. The molecule has 2 fully saturated rings. The van der Waals surface area contributed by atoms with Crippen molar-refractivity contribution in [3.05, 3.63) is 36.2 Å². The number of hydrogen-bond donors (Lipinski definition) is 2. The van der Waals surface area contributed by atoms with E-state index in [2.05, 4.69) is 25.5 Å². The van der Waals surface area contributed by atoms with Gasteiger partial charge in [-0.2, -0.15) is 18.3 Å². The Balaban J connectivity index is 1.54. The summed E-state index contributed by atoms with van der Waals surface area (Å²) in [7, 11) is 0. The van der Waals surface area contributed by atoms with Gasteiger partial charge in [0, 0.05) is 19.0 Å². The molecule has 3 atom stereocenters. The molecule has 0 spiro atoms. The molecule has 1 saturated heterocycles. The second-order valence-corrected chi connectivity index (χ2v) is 9.40. The molecule has 2 aliphatic rings. The molecule has 9 nitrogen and oxygen atoms in total. The maximum Gasteiger partial charge on any atom is 0.420 e. The van der Waals surface area contributed by atoms with Gasteiger partial charge < -0.3 is 15.2 Å². The number of nitrogens with zero attached hydrogens (tertiary/aromatic N) is 6. The van der Waals surface area contributed by atoms with Gasteiger partial charge in [0.1, 0.15) is 17.0 Å². The van der Waals surface area contributed by atoms with Crippen LogP contribution in [0.3, 0.4) is 0 Å². The van der Waals surface area contributed by atoms with E-state index in [-0.39, 0.29) is 23.4 Å². The minimum absolute atomic E-state index is 0.0250. The molecule has 0 radical (unpaired) electrons. The molecule has 190 valence electrons. The van der Waals surface area contributed by atoms with E-state index in [0.717, 1.165) is 31.9 Å². The maximum absolute atomic E-state index is 14.2. The van der Waals surface area contributed by atoms with Crippen molar-refractivity contribution >= 4 is 22.5 Å². The molecule has 0 aromatic carbocycles. The number of aromatic nitrogens is 6. The van der Waals surface area contributed by atoms with Gasteiger partial charge in [0.05, 0.1) is 23.0 Å².